The van der Waals surface area contributed by atoms with Crippen LogP contribution in [-0.4, -0.2) is 11.1 Å². The third-order valence-electron chi connectivity index (χ3n) is 2.98. The molecule has 0 aliphatic carbocycles. The van der Waals surface area contributed by atoms with Gasteiger partial charge in [-0.1, -0.05) is 6.92 Å². The summed E-state index contributed by atoms with van der Waals surface area (Å²) in [5.74, 6) is -12.9. The van der Waals surface area contributed by atoms with E-state index in [0.717, 1.165) is 0 Å². The minimum absolute atomic E-state index is 0.202. The molecule has 0 aliphatic rings. The standard InChI is InChI=1S/C15H11F5N2O2/c1-3-7-5-8(4-6(2)21-7)22-15(23)24-14-12(19)10(17)9(16)11(18)13(14)20/h4-5H,3H2,1-2H3,(H,21,22,23). The minimum Gasteiger partial charge on any atom is -0.404 e. The molecule has 0 radical (unpaired) electrons. The van der Waals surface area contributed by atoms with E-state index in [1.165, 1.54) is 12.1 Å². The molecule has 0 saturated heterocycles. The first-order valence-corrected chi connectivity index (χ1v) is 6.72. The summed E-state index contributed by atoms with van der Waals surface area (Å²) in [7, 11) is 0. The van der Waals surface area contributed by atoms with Gasteiger partial charge in [-0.25, -0.2) is 18.0 Å². The normalized spacial score (nSPS) is 10.6. The molecule has 0 fully saturated rings. The van der Waals surface area contributed by atoms with Gasteiger partial charge >= 0.3 is 6.09 Å². The first-order valence-electron chi connectivity index (χ1n) is 6.72. The van der Waals surface area contributed by atoms with E-state index in [1.807, 2.05) is 6.92 Å². The van der Waals surface area contributed by atoms with Crippen LogP contribution in [0, 0.1) is 36.0 Å². The number of hydrogen-bond acceptors (Lipinski definition) is 3. The molecule has 9 heteroatoms. The number of rotatable bonds is 3. The van der Waals surface area contributed by atoms with Crippen LogP contribution in [0.3, 0.4) is 0 Å². The van der Waals surface area contributed by atoms with E-state index in [0.29, 0.717) is 17.8 Å². The van der Waals surface area contributed by atoms with Crippen molar-refractivity contribution < 1.29 is 31.5 Å². The number of anilines is 1. The first kappa shape index (κ1) is 17.6. The molecule has 24 heavy (non-hydrogen) atoms. The molecule has 2 rings (SSSR count). The molecular formula is C15H11F5N2O2. The van der Waals surface area contributed by atoms with Crippen molar-refractivity contribution in [2.24, 2.45) is 0 Å². The van der Waals surface area contributed by atoms with E-state index >= 15 is 0 Å². The fourth-order valence-corrected chi connectivity index (χ4v) is 1.90. The number of nitrogens with zero attached hydrogens (tertiary/aromatic N) is 1. The smallest absolute Gasteiger partial charge is 0.404 e. The zero-order valence-corrected chi connectivity index (χ0v) is 12.5. The van der Waals surface area contributed by atoms with E-state index < -0.39 is 40.9 Å². The molecule has 0 saturated carbocycles. The fraction of sp³-hybridized carbons (Fsp3) is 0.200. The second-order valence-electron chi connectivity index (χ2n) is 4.76. The molecule has 1 amide bonds. The van der Waals surface area contributed by atoms with Crippen molar-refractivity contribution in [3.8, 4) is 5.75 Å². The molecule has 0 spiro atoms. The lowest BCUT2D eigenvalue weighted by molar-refractivity contribution is 0.208. The number of carbonyl (C=O) groups is 1. The van der Waals surface area contributed by atoms with Crippen LogP contribution < -0.4 is 10.1 Å². The number of halogens is 5. The van der Waals surface area contributed by atoms with Crippen molar-refractivity contribution in [3.63, 3.8) is 0 Å². The molecular weight excluding hydrogens is 335 g/mol. The maximum atomic E-state index is 13.4. The molecule has 0 aliphatic heterocycles. The van der Waals surface area contributed by atoms with Gasteiger partial charge in [0, 0.05) is 17.1 Å². The summed E-state index contributed by atoms with van der Waals surface area (Å²) >= 11 is 0. The van der Waals surface area contributed by atoms with Crippen LogP contribution in [-0.2, 0) is 6.42 Å². The Kier molecular flexibility index (Phi) is 5.01. The topological polar surface area (TPSA) is 51.2 Å². The molecule has 4 nitrogen and oxygen atoms in total. The molecule has 1 N–H and O–H groups in total. The van der Waals surface area contributed by atoms with Crippen LogP contribution >= 0.6 is 0 Å². The van der Waals surface area contributed by atoms with Gasteiger partial charge in [0.05, 0.1) is 0 Å². The summed E-state index contributed by atoms with van der Waals surface area (Å²) in [5, 5.41) is 2.14. The molecule has 2 aromatic rings. The van der Waals surface area contributed by atoms with Gasteiger partial charge in [0.25, 0.3) is 0 Å². The number of ether oxygens (including phenoxy) is 1. The SMILES string of the molecule is CCc1cc(NC(=O)Oc2c(F)c(F)c(F)c(F)c2F)cc(C)n1. The molecule has 1 aromatic heterocycles. The Morgan fingerprint density at radius 3 is 2.12 bits per heavy atom. The number of aryl methyl sites for hydroxylation is 2. The van der Waals surface area contributed by atoms with Crippen molar-refractivity contribution in [2.45, 2.75) is 20.3 Å². The highest BCUT2D eigenvalue weighted by Gasteiger charge is 2.28. The quantitative estimate of drug-likeness (QED) is 0.513. The van der Waals surface area contributed by atoms with Crippen LogP contribution in [0.25, 0.3) is 0 Å². The highest BCUT2D eigenvalue weighted by Crippen LogP contribution is 2.29. The van der Waals surface area contributed by atoms with Gasteiger partial charge in [-0.3, -0.25) is 10.3 Å². The van der Waals surface area contributed by atoms with Crippen LogP contribution in [0.15, 0.2) is 12.1 Å². The van der Waals surface area contributed by atoms with E-state index in [-0.39, 0.29) is 5.69 Å². The second-order valence-corrected chi connectivity index (χ2v) is 4.76. The highest BCUT2D eigenvalue weighted by atomic mass is 19.2. The number of benzene rings is 1. The van der Waals surface area contributed by atoms with Crippen molar-refractivity contribution in [1.29, 1.82) is 0 Å². The largest absolute Gasteiger partial charge is 0.417 e. The Hall–Kier alpha value is -2.71. The average Bonchev–Trinajstić information content (AvgIpc) is 2.54. The molecule has 1 heterocycles. The summed E-state index contributed by atoms with van der Waals surface area (Å²) in [6.07, 6.45) is -0.853. The predicted molar refractivity (Wildman–Crippen MR) is 74.2 cm³/mol. The first-order chi connectivity index (χ1) is 11.2. The number of hydrogen-bond donors (Lipinski definition) is 1. The lowest BCUT2D eigenvalue weighted by Gasteiger charge is -2.10. The second kappa shape index (κ2) is 6.81. The maximum absolute atomic E-state index is 13.4. The summed E-state index contributed by atoms with van der Waals surface area (Å²) in [5.41, 5.74) is 1.38. The van der Waals surface area contributed by atoms with Gasteiger partial charge in [0.1, 0.15) is 0 Å². The van der Waals surface area contributed by atoms with Gasteiger partial charge < -0.3 is 4.74 Å². The van der Waals surface area contributed by atoms with Gasteiger partial charge in [0.2, 0.25) is 34.8 Å². The Morgan fingerprint density at radius 2 is 1.58 bits per heavy atom. The summed E-state index contributed by atoms with van der Waals surface area (Å²) in [6, 6.07) is 2.92. The molecule has 0 atom stereocenters. The van der Waals surface area contributed by atoms with Crippen molar-refractivity contribution in [2.75, 3.05) is 5.32 Å². The predicted octanol–water partition coefficient (Wildman–Crippen LogP) is 4.26. The zero-order chi connectivity index (χ0) is 18.0. The Bertz CT molecular complexity index is 782. The number of aromatic nitrogens is 1. The number of nitrogens with one attached hydrogen (secondary N) is 1. The minimum atomic E-state index is -2.34. The molecule has 128 valence electrons. The summed E-state index contributed by atoms with van der Waals surface area (Å²) in [6.45, 7) is 3.47. The lowest BCUT2D eigenvalue weighted by Crippen LogP contribution is -2.19. The van der Waals surface area contributed by atoms with E-state index in [2.05, 4.69) is 15.0 Å². The van der Waals surface area contributed by atoms with Crippen LogP contribution in [0.1, 0.15) is 18.3 Å². The van der Waals surface area contributed by atoms with Gasteiger partial charge in [-0.15, -0.1) is 0 Å². The van der Waals surface area contributed by atoms with Crippen LogP contribution in [0.5, 0.6) is 5.75 Å². The van der Waals surface area contributed by atoms with Crippen LogP contribution in [0.4, 0.5) is 32.4 Å². The number of pyridine rings is 1. The lowest BCUT2D eigenvalue weighted by atomic mass is 10.2. The van der Waals surface area contributed by atoms with Crippen LogP contribution in [0.2, 0.25) is 0 Å². The van der Waals surface area contributed by atoms with Crippen molar-refractivity contribution >= 4 is 11.8 Å². The third kappa shape index (κ3) is 3.44. The van der Waals surface area contributed by atoms with E-state index in [4.69, 9.17) is 0 Å². The molecule has 0 bridgehead atoms. The Morgan fingerprint density at radius 1 is 1.04 bits per heavy atom. The van der Waals surface area contributed by atoms with Gasteiger partial charge in [0.15, 0.2) is 0 Å². The zero-order valence-electron chi connectivity index (χ0n) is 12.5. The summed E-state index contributed by atoms with van der Waals surface area (Å²) in [4.78, 5) is 15.8. The fourth-order valence-electron chi connectivity index (χ4n) is 1.90. The molecule has 0 unspecified atom stereocenters. The maximum Gasteiger partial charge on any atom is 0.417 e. The summed E-state index contributed by atoms with van der Waals surface area (Å²) < 4.78 is 70.2. The van der Waals surface area contributed by atoms with Gasteiger partial charge in [-0.2, -0.15) is 8.78 Å². The number of carbonyl (C=O) groups excluding carboxylic acids is 1. The third-order valence-corrected chi connectivity index (χ3v) is 2.98. The average molecular weight is 346 g/mol. The molecule has 1 aromatic carbocycles. The Balaban J connectivity index is 2.27. The van der Waals surface area contributed by atoms with Gasteiger partial charge in [-0.05, 0) is 25.5 Å². The number of amides is 1. The van der Waals surface area contributed by atoms with Crippen molar-refractivity contribution in [1.82, 2.24) is 4.98 Å². The Labute approximate surface area is 133 Å². The van der Waals surface area contributed by atoms with E-state index in [1.54, 1.807) is 6.92 Å². The highest BCUT2D eigenvalue weighted by molar-refractivity contribution is 5.86. The van der Waals surface area contributed by atoms with Crippen molar-refractivity contribution in [3.05, 3.63) is 52.6 Å². The van der Waals surface area contributed by atoms with E-state index in [9.17, 15) is 26.7 Å². The monoisotopic (exact) mass is 346 g/mol.